The van der Waals surface area contributed by atoms with E-state index in [4.69, 9.17) is 0 Å². The summed E-state index contributed by atoms with van der Waals surface area (Å²) in [7, 11) is 2.06. The van der Waals surface area contributed by atoms with E-state index >= 15 is 0 Å². The van der Waals surface area contributed by atoms with E-state index in [9.17, 15) is 14.7 Å². The summed E-state index contributed by atoms with van der Waals surface area (Å²) in [6.45, 7) is 6.21. The molecule has 2 fully saturated rings. The number of hydrogen-bond acceptors (Lipinski definition) is 5. The van der Waals surface area contributed by atoms with Crippen LogP contribution in [0.15, 0.2) is 24.3 Å². The van der Waals surface area contributed by atoms with Crippen molar-refractivity contribution >= 4 is 11.8 Å². The minimum atomic E-state index is -0.00323. The molecule has 2 aliphatic heterocycles. The maximum atomic E-state index is 12.8. The van der Waals surface area contributed by atoms with Gasteiger partial charge in [-0.2, -0.15) is 0 Å². The van der Waals surface area contributed by atoms with Crippen LogP contribution >= 0.6 is 0 Å². The molecule has 0 bridgehead atoms. The number of rotatable bonds is 6. The molecule has 28 heavy (non-hydrogen) atoms. The molecule has 3 rings (SSSR count). The van der Waals surface area contributed by atoms with Gasteiger partial charge in [-0.25, -0.2) is 0 Å². The number of amides is 2. The summed E-state index contributed by atoms with van der Waals surface area (Å²) in [5.41, 5.74) is 1.09. The van der Waals surface area contributed by atoms with Gasteiger partial charge in [-0.1, -0.05) is 12.1 Å². The fourth-order valence-electron chi connectivity index (χ4n) is 4.24. The van der Waals surface area contributed by atoms with Crippen LogP contribution in [-0.2, 0) is 16.1 Å². The Morgan fingerprint density at radius 2 is 1.86 bits per heavy atom. The molecule has 0 saturated carbocycles. The number of aromatic hydroxyl groups is 1. The molecule has 2 saturated heterocycles. The molecule has 2 heterocycles. The Labute approximate surface area is 167 Å². The molecule has 2 atom stereocenters. The number of phenolic OH excluding ortho intramolecular Hbond substituents is 1. The molecule has 7 heteroatoms. The van der Waals surface area contributed by atoms with Gasteiger partial charge in [0.05, 0.1) is 0 Å². The first-order valence-electron chi connectivity index (χ1n) is 10.2. The molecule has 2 amide bonds. The summed E-state index contributed by atoms with van der Waals surface area (Å²) in [5.74, 6) is 0.523. The Bertz CT molecular complexity index is 688. The lowest BCUT2D eigenvalue weighted by Crippen LogP contribution is -2.49. The van der Waals surface area contributed by atoms with Gasteiger partial charge in [-0.15, -0.1) is 0 Å². The maximum absolute atomic E-state index is 12.8. The van der Waals surface area contributed by atoms with Crippen molar-refractivity contribution in [3.63, 3.8) is 0 Å². The van der Waals surface area contributed by atoms with Gasteiger partial charge < -0.3 is 15.3 Å². The van der Waals surface area contributed by atoms with Crippen molar-refractivity contribution in [3.8, 4) is 5.75 Å². The normalized spacial score (nSPS) is 23.7. The Balaban J connectivity index is 1.42. The number of carbonyl (C=O) groups is 2. The molecule has 1 aromatic carbocycles. The standard InChI is InChI=1S/C21H32N4O3/c1-16(26)22-14-19-7-6-18(23(19)2)13-21(28)25-10-8-24(9-11-25)15-17-4-3-5-20(27)12-17/h3-5,12,18-19,27H,6-11,13-15H2,1-2H3,(H,22,26)/t18-,19+/m0/s1. The second-order valence-electron chi connectivity index (χ2n) is 8.02. The van der Waals surface area contributed by atoms with Crippen LogP contribution in [0, 0.1) is 0 Å². The van der Waals surface area contributed by atoms with E-state index in [1.165, 1.54) is 6.92 Å². The molecule has 1 aromatic rings. The van der Waals surface area contributed by atoms with Crippen molar-refractivity contribution in [2.75, 3.05) is 39.8 Å². The second-order valence-corrected chi connectivity index (χ2v) is 8.02. The van der Waals surface area contributed by atoms with Crippen LogP contribution in [0.2, 0.25) is 0 Å². The third kappa shape index (κ3) is 5.45. The molecular formula is C21H32N4O3. The van der Waals surface area contributed by atoms with Gasteiger partial charge in [0.2, 0.25) is 11.8 Å². The lowest BCUT2D eigenvalue weighted by Gasteiger charge is -2.36. The van der Waals surface area contributed by atoms with E-state index in [-0.39, 0.29) is 17.9 Å². The van der Waals surface area contributed by atoms with Gasteiger partial charge in [0.15, 0.2) is 0 Å². The lowest BCUT2D eigenvalue weighted by molar-refractivity contribution is -0.134. The zero-order chi connectivity index (χ0) is 20.1. The highest BCUT2D eigenvalue weighted by atomic mass is 16.3. The van der Waals surface area contributed by atoms with Gasteiger partial charge in [0, 0.05) is 64.7 Å². The summed E-state index contributed by atoms with van der Waals surface area (Å²) in [6, 6.07) is 7.94. The predicted molar refractivity (Wildman–Crippen MR) is 108 cm³/mol. The van der Waals surface area contributed by atoms with Gasteiger partial charge in [-0.3, -0.25) is 19.4 Å². The number of likely N-dealkylation sites (tertiary alicyclic amines) is 1. The van der Waals surface area contributed by atoms with E-state index in [1.54, 1.807) is 12.1 Å². The van der Waals surface area contributed by atoms with Crippen LogP contribution in [-0.4, -0.2) is 83.5 Å². The number of nitrogens with one attached hydrogen (secondary N) is 1. The predicted octanol–water partition coefficient (Wildman–Crippen LogP) is 1.03. The molecular weight excluding hydrogens is 356 g/mol. The number of benzene rings is 1. The van der Waals surface area contributed by atoms with Crippen LogP contribution in [0.4, 0.5) is 0 Å². The zero-order valence-corrected chi connectivity index (χ0v) is 16.9. The minimum absolute atomic E-state index is 0.00323. The highest BCUT2D eigenvalue weighted by Gasteiger charge is 2.33. The number of carbonyl (C=O) groups excluding carboxylic acids is 2. The van der Waals surface area contributed by atoms with Crippen LogP contribution in [0.3, 0.4) is 0 Å². The van der Waals surface area contributed by atoms with Crippen molar-refractivity contribution in [1.29, 1.82) is 0 Å². The third-order valence-corrected chi connectivity index (χ3v) is 6.02. The molecule has 7 nitrogen and oxygen atoms in total. The first-order valence-corrected chi connectivity index (χ1v) is 10.2. The van der Waals surface area contributed by atoms with Crippen molar-refractivity contribution in [2.45, 2.75) is 44.8 Å². The summed E-state index contributed by atoms with van der Waals surface area (Å²) >= 11 is 0. The monoisotopic (exact) mass is 388 g/mol. The molecule has 0 unspecified atom stereocenters. The number of likely N-dealkylation sites (N-methyl/N-ethyl adjacent to an activating group) is 1. The van der Waals surface area contributed by atoms with E-state index < -0.39 is 0 Å². The number of hydrogen-bond donors (Lipinski definition) is 2. The summed E-state index contributed by atoms with van der Waals surface area (Å²) in [5, 5.41) is 12.5. The smallest absolute Gasteiger partial charge is 0.224 e. The first-order chi connectivity index (χ1) is 13.4. The Hall–Kier alpha value is -2.12. The second kappa shape index (κ2) is 9.39. The highest BCUT2D eigenvalue weighted by Crippen LogP contribution is 2.25. The Morgan fingerprint density at radius 3 is 2.54 bits per heavy atom. The Kier molecular flexibility index (Phi) is 6.91. The summed E-state index contributed by atoms with van der Waals surface area (Å²) in [4.78, 5) is 30.4. The largest absolute Gasteiger partial charge is 0.508 e. The topological polar surface area (TPSA) is 76.1 Å². The van der Waals surface area contributed by atoms with Gasteiger partial charge in [0.25, 0.3) is 0 Å². The number of phenols is 1. The molecule has 154 valence electrons. The van der Waals surface area contributed by atoms with Gasteiger partial charge >= 0.3 is 0 Å². The lowest BCUT2D eigenvalue weighted by atomic mass is 10.1. The van der Waals surface area contributed by atoms with Crippen molar-refractivity contribution in [2.24, 2.45) is 0 Å². The zero-order valence-electron chi connectivity index (χ0n) is 16.9. The molecule has 0 radical (unpaired) electrons. The molecule has 0 aromatic heterocycles. The van der Waals surface area contributed by atoms with Crippen LogP contribution in [0.1, 0.15) is 31.7 Å². The van der Waals surface area contributed by atoms with Gasteiger partial charge in [0.1, 0.15) is 5.75 Å². The first kappa shape index (κ1) is 20.6. The molecule has 0 spiro atoms. The van der Waals surface area contributed by atoms with Gasteiger partial charge in [-0.05, 0) is 37.6 Å². The van der Waals surface area contributed by atoms with E-state index in [2.05, 4.69) is 22.2 Å². The molecule has 2 aliphatic rings. The summed E-state index contributed by atoms with van der Waals surface area (Å²) in [6.07, 6.45) is 2.58. The van der Waals surface area contributed by atoms with Crippen molar-refractivity contribution < 1.29 is 14.7 Å². The summed E-state index contributed by atoms with van der Waals surface area (Å²) < 4.78 is 0. The average molecular weight is 389 g/mol. The van der Waals surface area contributed by atoms with Crippen LogP contribution in [0.5, 0.6) is 5.75 Å². The fraction of sp³-hybridized carbons (Fsp3) is 0.619. The Morgan fingerprint density at radius 1 is 1.14 bits per heavy atom. The van der Waals surface area contributed by atoms with Crippen molar-refractivity contribution in [3.05, 3.63) is 29.8 Å². The SMILES string of the molecule is CC(=O)NC[C@H]1CC[C@@H](CC(=O)N2CCN(Cc3cccc(O)c3)CC2)N1C. The number of piperazine rings is 1. The number of nitrogens with zero attached hydrogens (tertiary/aromatic N) is 3. The average Bonchev–Trinajstić information content (AvgIpc) is 3.00. The quantitative estimate of drug-likeness (QED) is 0.761. The minimum Gasteiger partial charge on any atom is -0.508 e. The fourth-order valence-corrected chi connectivity index (χ4v) is 4.24. The van der Waals surface area contributed by atoms with Crippen molar-refractivity contribution in [1.82, 2.24) is 20.0 Å². The van der Waals surface area contributed by atoms with E-state index in [0.717, 1.165) is 51.1 Å². The van der Waals surface area contributed by atoms with E-state index in [0.29, 0.717) is 24.8 Å². The highest BCUT2D eigenvalue weighted by molar-refractivity contribution is 5.77. The maximum Gasteiger partial charge on any atom is 0.224 e. The van der Waals surface area contributed by atoms with E-state index in [1.807, 2.05) is 17.0 Å². The van der Waals surface area contributed by atoms with Crippen LogP contribution < -0.4 is 5.32 Å². The molecule has 2 N–H and O–H groups in total. The van der Waals surface area contributed by atoms with Crippen LogP contribution in [0.25, 0.3) is 0 Å². The third-order valence-electron chi connectivity index (χ3n) is 6.02. The molecule has 0 aliphatic carbocycles.